The molecule has 2 aliphatic rings. The van der Waals surface area contributed by atoms with Crippen molar-refractivity contribution in [3.8, 4) is 5.75 Å². The van der Waals surface area contributed by atoms with Gasteiger partial charge in [-0.1, -0.05) is 82.9 Å². The molecule has 168 valence electrons. The van der Waals surface area contributed by atoms with Crippen LogP contribution in [0.3, 0.4) is 0 Å². The Labute approximate surface area is 182 Å². The minimum absolute atomic E-state index is 0.237. The van der Waals surface area contributed by atoms with E-state index in [1.807, 2.05) is 12.1 Å². The Bertz CT molecular complexity index is 629. The number of benzene rings is 1. The highest BCUT2D eigenvalue weighted by Crippen LogP contribution is 2.42. The van der Waals surface area contributed by atoms with Crippen LogP contribution in [-0.2, 0) is 0 Å². The Morgan fingerprint density at radius 1 is 0.867 bits per heavy atom. The van der Waals surface area contributed by atoms with Crippen molar-refractivity contribution in [1.29, 1.82) is 0 Å². The number of hydrogen-bond donors (Lipinski definition) is 0. The monoisotopic (exact) mass is 418 g/mol. The van der Waals surface area contributed by atoms with Crippen molar-refractivity contribution in [2.45, 2.75) is 103 Å². The third-order valence-corrected chi connectivity index (χ3v) is 7.43. The average molecular weight is 419 g/mol. The summed E-state index contributed by atoms with van der Waals surface area (Å²) in [4.78, 5) is 0. The summed E-state index contributed by atoms with van der Waals surface area (Å²) in [5.74, 6) is 2.97. The molecule has 0 bridgehead atoms. The molecule has 1 unspecified atom stereocenters. The fraction of sp³-hybridized carbons (Fsp3) is 0.704. The summed E-state index contributed by atoms with van der Waals surface area (Å²) in [6, 6.07) is 7.13. The van der Waals surface area contributed by atoms with E-state index in [4.69, 9.17) is 0 Å². The number of hydrogen-bond acceptors (Lipinski definition) is 1. The number of allylic oxidation sites excluding steroid dienone is 2. The molecule has 3 rings (SSSR count). The number of unbranched alkanes of at least 4 members (excludes halogenated alkanes) is 5. The van der Waals surface area contributed by atoms with E-state index in [9.17, 15) is 8.78 Å². The predicted octanol–water partition coefficient (Wildman–Crippen LogP) is 9.03. The Morgan fingerprint density at radius 3 is 2.20 bits per heavy atom. The molecule has 1 nitrogen and oxygen atoms in total. The molecule has 0 aliphatic heterocycles. The van der Waals surface area contributed by atoms with Crippen LogP contribution in [0.5, 0.6) is 5.75 Å². The van der Waals surface area contributed by atoms with Crippen LogP contribution in [0.15, 0.2) is 30.3 Å². The van der Waals surface area contributed by atoms with Crippen molar-refractivity contribution in [3.63, 3.8) is 0 Å². The van der Waals surface area contributed by atoms with Gasteiger partial charge in [-0.05, 0) is 73.1 Å². The van der Waals surface area contributed by atoms with E-state index in [1.165, 1.54) is 89.0 Å². The molecule has 1 saturated carbocycles. The van der Waals surface area contributed by atoms with Gasteiger partial charge in [0.15, 0.2) is 0 Å². The molecule has 0 N–H and O–H groups in total. The van der Waals surface area contributed by atoms with Crippen LogP contribution in [0.1, 0.15) is 102 Å². The Hall–Kier alpha value is -1.38. The molecule has 0 heterocycles. The lowest BCUT2D eigenvalue weighted by Crippen LogP contribution is -2.23. The van der Waals surface area contributed by atoms with Gasteiger partial charge in [0, 0.05) is 0 Å². The molecule has 3 heteroatoms. The maximum absolute atomic E-state index is 12.3. The molecular formula is C27H40F2O. The summed E-state index contributed by atoms with van der Waals surface area (Å²) < 4.78 is 29.1. The number of alkyl halides is 2. The van der Waals surface area contributed by atoms with E-state index < -0.39 is 6.61 Å². The third kappa shape index (κ3) is 7.39. The molecule has 1 atom stereocenters. The largest absolute Gasteiger partial charge is 0.435 e. The van der Waals surface area contributed by atoms with E-state index in [2.05, 4.69) is 17.7 Å². The highest BCUT2D eigenvalue weighted by atomic mass is 19.3. The zero-order valence-electron chi connectivity index (χ0n) is 18.8. The van der Waals surface area contributed by atoms with Crippen LogP contribution in [0.2, 0.25) is 0 Å². The fourth-order valence-electron chi connectivity index (χ4n) is 5.56. The van der Waals surface area contributed by atoms with E-state index in [0.717, 1.165) is 29.7 Å². The zero-order valence-corrected chi connectivity index (χ0v) is 18.8. The molecule has 30 heavy (non-hydrogen) atoms. The molecule has 0 saturated heterocycles. The number of rotatable bonds is 11. The van der Waals surface area contributed by atoms with Crippen molar-refractivity contribution >= 4 is 5.57 Å². The first-order valence-corrected chi connectivity index (χ1v) is 12.4. The summed E-state index contributed by atoms with van der Waals surface area (Å²) in [6.07, 6.45) is 21.6. The Balaban J connectivity index is 1.36. The van der Waals surface area contributed by atoms with Gasteiger partial charge in [-0.2, -0.15) is 8.78 Å². The molecule has 0 amide bonds. The fourth-order valence-corrected chi connectivity index (χ4v) is 5.56. The van der Waals surface area contributed by atoms with Gasteiger partial charge in [0.05, 0.1) is 0 Å². The quantitative estimate of drug-likeness (QED) is 0.326. The predicted molar refractivity (Wildman–Crippen MR) is 122 cm³/mol. The van der Waals surface area contributed by atoms with Crippen molar-refractivity contribution in [1.82, 2.24) is 0 Å². The first-order valence-electron chi connectivity index (χ1n) is 12.4. The van der Waals surface area contributed by atoms with Crippen molar-refractivity contribution in [2.75, 3.05) is 0 Å². The summed E-state index contributed by atoms with van der Waals surface area (Å²) >= 11 is 0. The zero-order chi connectivity index (χ0) is 21.2. The van der Waals surface area contributed by atoms with Gasteiger partial charge in [-0.15, -0.1) is 0 Å². The highest BCUT2D eigenvalue weighted by molar-refractivity contribution is 5.66. The molecule has 1 fully saturated rings. The number of ether oxygens (including phenoxy) is 1. The van der Waals surface area contributed by atoms with Gasteiger partial charge in [-0.25, -0.2) is 0 Å². The molecule has 0 aromatic heterocycles. The second-order valence-electron chi connectivity index (χ2n) is 9.50. The molecule has 2 aliphatic carbocycles. The lowest BCUT2D eigenvalue weighted by molar-refractivity contribution is -0.0498. The molecule has 0 spiro atoms. The van der Waals surface area contributed by atoms with Crippen LogP contribution in [0.4, 0.5) is 8.78 Å². The SMILES string of the molecule is CCCCCCCCC1CCC(C2CC=C(c3ccc(OC(F)F)cc3)CC2)CC1. The molecule has 1 aromatic rings. The van der Waals surface area contributed by atoms with Crippen LogP contribution in [0, 0.1) is 17.8 Å². The third-order valence-electron chi connectivity index (χ3n) is 7.43. The van der Waals surface area contributed by atoms with Crippen LogP contribution in [0.25, 0.3) is 5.57 Å². The topological polar surface area (TPSA) is 9.23 Å². The van der Waals surface area contributed by atoms with Gasteiger partial charge < -0.3 is 4.74 Å². The van der Waals surface area contributed by atoms with Crippen LogP contribution in [-0.4, -0.2) is 6.61 Å². The minimum atomic E-state index is -2.76. The Morgan fingerprint density at radius 2 is 1.57 bits per heavy atom. The van der Waals surface area contributed by atoms with Crippen molar-refractivity contribution < 1.29 is 13.5 Å². The smallest absolute Gasteiger partial charge is 0.387 e. The molecular weight excluding hydrogens is 378 g/mol. The first-order chi connectivity index (χ1) is 14.7. The van der Waals surface area contributed by atoms with Crippen LogP contribution < -0.4 is 4.74 Å². The Kier molecular flexibility index (Phi) is 9.68. The summed E-state index contributed by atoms with van der Waals surface area (Å²) in [6.45, 7) is -0.473. The molecule has 1 aromatic carbocycles. The van der Waals surface area contributed by atoms with Gasteiger partial charge in [-0.3, -0.25) is 0 Å². The van der Waals surface area contributed by atoms with Gasteiger partial charge in [0.2, 0.25) is 0 Å². The van der Waals surface area contributed by atoms with E-state index in [0.29, 0.717) is 0 Å². The van der Waals surface area contributed by atoms with Gasteiger partial charge in [0.1, 0.15) is 5.75 Å². The lowest BCUT2D eigenvalue weighted by Gasteiger charge is -2.35. The van der Waals surface area contributed by atoms with Crippen molar-refractivity contribution in [3.05, 3.63) is 35.9 Å². The van der Waals surface area contributed by atoms with Crippen molar-refractivity contribution in [2.24, 2.45) is 17.8 Å². The summed E-state index contributed by atoms with van der Waals surface area (Å²) in [5, 5.41) is 0. The standard InChI is InChI=1S/C27H40F2O/c1-2-3-4-5-6-7-8-21-9-11-22(12-10-21)23-13-15-24(16-14-23)25-17-19-26(20-18-25)30-27(28)29/h15,17-23,27H,2-14,16H2,1H3. The van der Waals surface area contributed by atoms with E-state index in [-0.39, 0.29) is 5.75 Å². The van der Waals surface area contributed by atoms with Gasteiger partial charge >= 0.3 is 6.61 Å². The normalized spacial score (nSPS) is 24.7. The summed E-state index contributed by atoms with van der Waals surface area (Å²) in [7, 11) is 0. The first kappa shape index (κ1) is 23.3. The maximum atomic E-state index is 12.3. The maximum Gasteiger partial charge on any atom is 0.387 e. The highest BCUT2D eigenvalue weighted by Gasteiger charge is 2.28. The second-order valence-corrected chi connectivity index (χ2v) is 9.50. The van der Waals surface area contributed by atoms with E-state index >= 15 is 0 Å². The minimum Gasteiger partial charge on any atom is -0.435 e. The van der Waals surface area contributed by atoms with E-state index in [1.54, 1.807) is 12.1 Å². The van der Waals surface area contributed by atoms with Gasteiger partial charge in [0.25, 0.3) is 0 Å². The summed E-state index contributed by atoms with van der Waals surface area (Å²) in [5.41, 5.74) is 2.52. The average Bonchev–Trinajstić information content (AvgIpc) is 2.77. The molecule has 0 radical (unpaired) electrons. The lowest BCUT2D eigenvalue weighted by atomic mass is 9.70. The van der Waals surface area contributed by atoms with Crippen LogP contribution >= 0.6 is 0 Å². The second kappa shape index (κ2) is 12.5. The number of halogens is 2.